The van der Waals surface area contributed by atoms with Gasteiger partial charge in [0.1, 0.15) is 5.52 Å². The third-order valence-electron chi connectivity index (χ3n) is 1.93. The van der Waals surface area contributed by atoms with Gasteiger partial charge in [-0.1, -0.05) is 11.6 Å². The second kappa shape index (κ2) is 3.72. The van der Waals surface area contributed by atoms with E-state index < -0.39 is 5.76 Å². The molecule has 0 aliphatic carbocycles. The van der Waals surface area contributed by atoms with Crippen LogP contribution in [0.3, 0.4) is 0 Å². The van der Waals surface area contributed by atoms with Crippen LogP contribution in [0.2, 0.25) is 5.02 Å². The number of fused-ring (bicyclic) bond motifs is 1. The number of ketones is 1. The number of hydrogen-bond acceptors (Lipinski definition) is 3. The summed E-state index contributed by atoms with van der Waals surface area (Å²) >= 11 is 11.3. The standard InChI is InChI=1S/C9H5Cl2NO3/c10-3-6(13)4-1-5(11)8-7(2-4)15-9(14)12-8/h1-2H,3H2,(H,12,14). The fourth-order valence-electron chi connectivity index (χ4n) is 1.25. The Bertz CT molecular complexity index is 585. The molecule has 0 radical (unpaired) electrons. The lowest BCUT2D eigenvalue weighted by Gasteiger charge is -1.98. The fourth-order valence-corrected chi connectivity index (χ4v) is 1.66. The number of H-pyrrole nitrogens is 1. The third-order valence-corrected chi connectivity index (χ3v) is 2.47. The van der Waals surface area contributed by atoms with E-state index in [0.717, 1.165) is 0 Å². The summed E-state index contributed by atoms with van der Waals surface area (Å²) in [5, 5.41) is 0.256. The molecular formula is C9H5Cl2NO3. The summed E-state index contributed by atoms with van der Waals surface area (Å²) in [7, 11) is 0. The summed E-state index contributed by atoms with van der Waals surface area (Å²) in [5.41, 5.74) is 0.957. The number of hydrogen-bond donors (Lipinski definition) is 1. The summed E-state index contributed by atoms with van der Waals surface area (Å²) in [6.07, 6.45) is 0. The van der Waals surface area contributed by atoms with E-state index in [-0.39, 0.29) is 22.3 Å². The maximum Gasteiger partial charge on any atom is 0.417 e. The summed E-state index contributed by atoms with van der Waals surface area (Å²) < 4.78 is 4.79. The van der Waals surface area contributed by atoms with Crippen LogP contribution in [0, 0.1) is 0 Å². The second-order valence-corrected chi connectivity index (χ2v) is 3.58. The summed E-state index contributed by atoms with van der Waals surface area (Å²) in [6.45, 7) is 0. The monoisotopic (exact) mass is 245 g/mol. The first-order valence-corrected chi connectivity index (χ1v) is 4.94. The van der Waals surface area contributed by atoms with E-state index in [9.17, 15) is 9.59 Å². The number of carbonyl (C=O) groups excluding carboxylic acids is 1. The zero-order chi connectivity index (χ0) is 11.0. The number of rotatable bonds is 2. The van der Waals surface area contributed by atoms with E-state index >= 15 is 0 Å². The van der Waals surface area contributed by atoms with E-state index in [1.54, 1.807) is 0 Å². The number of carbonyl (C=O) groups is 1. The molecule has 2 rings (SSSR count). The molecule has 0 fully saturated rings. The van der Waals surface area contributed by atoms with Crippen LogP contribution >= 0.6 is 23.2 Å². The Morgan fingerprint density at radius 1 is 1.47 bits per heavy atom. The lowest BCUT2D eigenvalue weighted by atomic mass is 10.1. The Labute approximate surface area is 93.8 Å². The van der Waals surface area contributed by atoms with Crippen molar-refractivity contribution in [2.75, 3.05) is 5.88 Å². The van der Waals surface area contributed by atoms with Gasteiger partial charge in [-0.15, -0.1) is 11.6 Å². The first-order chi connectivity index (χ1) is 7.11. The molecule has 0 spiro atoms. The molecular weight excluding hydrogens is 241 g/mol. The SMILES string of the molecule is O=C(CCl)c1cc(Cl)c2[nH]c(=O)oc2c1. The predicted molar refractivity (Wildman–Crippen MR) is 56.9 cm³/mol. The quantitative estimate of drug-likeness (QED) is 0.652. The van der Waals surface area contributed by atoms with Gasteiger partial charge in [-0.05, 0) is 12.1 Å². The van der Waals surface area contributed by atoms with E-state index in [0.29, 0.717) is 11.1 Å². The van der Waals surface area contributed by atoms with Crippen molar-refractivity contribution in [1.82, 2.24) is 4.98 Å². The van der Waals surface area contributed by atoms with Gasteiger partial charge in [-0.25, -0.2) is 4.79 Å². The first kappa shape index (κ1) is 10.3. The molecule has 1 aromatic heterocycles. The van der Waals surface area contributed by atoms with E-state index in [2.05, 4.69) is 4.98 Å². The lowest BCUT2D eigenvalue weighted by Crippen LogP contribution is -1.99. The molecule has 0 aliphatic rings. The minimum atomic E-state index is -0.609. The predicted octanol–water partition coefficient (Wildman–Crippen LogP) is 2.20. The van der Waals surface area contributed by atoms with Gasteiger partial charge in [0.2, 0.25) is 0 Å². The number of halogens is 2. The highest BCUT2D eigenvalue weighted by Crippen LogP contribution is 2.23. The van der Waals surface area contributed by atoms with Crippen LogP contribution in [0.15, 0.2) is 21.3 Å². The highest BCUT2D eigenvalue weighted by atomic mass is 35.5. The number of nitrogens with one attached hydrogen (secondary N) is 1. The average Bonchev–Trinajstić information content (AvgIpc) is 2.58. The van der Waals surface area contributed by atoms with Crippen LogP contribution < -0.4 is 5.76 Å². The molecule has 1 heterocycles. The second-order valence-electron chi connectivity index (χ2n) is 2.90. The molecule has 0 aliphatic heterocycles. The normalized spacial score (nSPS) is 10.8. The summed E-state index contributed by atoms with van der Waals surface area (Å²) in [5.74, 6) is -1.03. The first-order valence-electron chi connectivity index (χ1n) is 4.03. The Balaban J connectivity index is 2.71. The molecule has 15 heavy (non-hydrogen) atoms. The van der Waals surface area contributed by atoms with Gasteiger partial charge in [0.05, 0.1) is 10.9 Å². The number of oxazole rings is 1. The van der Waals surface area contributed by atoms with Crippen LogP contribution in [0.5, 0.6) is 0 Å². The number of Topliss-reactive ketones (excluding diaryl/α,β-unsaturated/α-hetero) is 1. The van der Waals surface area contributed by atoms with E-state index in [4.69, 9.17) is 27.6 Å². The number of aromatic nitrogens is 1. The molecule has 4 nitrogen and oxygen atoms in total. The molecule has 0 bridgehead atoms. The average molecular weight is 246 g/mol. The van der Waals surface area contributed by atoms with Crippen molar-refractivity contribution in [3.05, 3.63) is 33.3 Å². The molecule has 0 saturated carbocycles. The highest BCUT2D eigenvalue weighted by Gasteiger charge is 2.11. The Hall–Kier alpha value is -1.26. The van der Waals surface area contributed by atoms with Crippen LogP contribution in [0.1, 0.15) is 10.4 Å². The maximum absolute atomic E-state index is 11.3. The van der Waals surface area contributed by atoms with Gasteiger partial charge >= 0.3 is 5.76 Å². The smallest absolute Gasteiger partial charge is 0.408 e. The minimum absolute atomic E-state index is 0.142. The number of alkyl halides is 1. The molecule has 1 N–H and O–H groups in total. The topological polar surface area (TPSA) is 63.1 Å². The van der Waals surface area contributed by atoms with Gasteiger partial charge in [-0.2, -0.15) is 0 Å². The van der Waals surface area contributed by atoms with Crippen LogP contribution in [-0.2, 0) is 0 Å². The van der Waals surface area contributed by atoms with Gasteiger partial charge in [0, 0.05) is 5.56 Å². The van der Waals surface area contributed by atoms with Crippen molar-refractivity contribution in [2.45, 2.75) is 0 Å². The van der Waals surface area contributed by atoms with Crippen LogP contribution in [0.4, 0.5) is 0 Å². The number of benzene rings is 1. The van der Waals surface area contributed by atoms with Crippen molar-refractivity contribution in [2.24, 2.45) is 0 Å². The summed E-state index contributed by atoms with van der Waals surface area (Å²) in [6, 6.07) is 2.88. The highest BCUT2D eigenvalue weighted by molar-refractivity contribution is 6.36. The molecule has 0 unspecified atom stereocenters. The van der Waals surface area contributed by atoms with Crippen LogP contribution in [0.25, 0.3) is 11.1 Å². The molecule has 0 atom stereocenters. The number of aromatic amines is 1. The Morgan fingerprint density at radius 2 is 2.20 bits per heavy atom. The van der Waals surface area contributed by atoms with Crippen molar-refractivity contribution in [1.29, 1.82) is 0 Å². The molecule has 0 saturated heterocycles. The van der Waals surface area contributed by atoms with Crippen molar-refractivity contribution < 1.29 is 9.21 Å². The molecule has 6 heteroatoms. The molecule has 0 amide bonds. The Morgan fingerprint density at radius 3 is 2.87 bits per heavy atom. The van der Waals surface area contributed by atoms with Gasteiger partial charge < -0.3 is 4.42 Å². The van der Waals surface area contributed by atoms with Crippen molar-refractivity contribution in [3.8, 4) is 0 Å². The maximum atomic E-state index is 11.3. The zero-order valence-electron chi connectivity index (χ0n) is 7.34. The van der Waals surface area contributed by atoms with E-state index in [1.807, 2.05) is 0 Å². The zero-order valence-corrected chi connectivity index (χ0v) is 8.85. The van der Waals surface area contributed by atoms with Crippen molar-refractivity contribution in [3.63, 3.8) is 0 Å². The van der Waals surface area contributed by atoms with Gasteiger partial charge in [0.25, 0.3) is 0 Å². The lowest BCUT2D eigenvalue weighted by molar-refractivity contribution is 0.102. The van der Waals surface area contributed by atoms with Gasteiger partial charge in [0.15, 0.2) is 11.4 Å². The fraction of sp³-hybridized carbons (Fsp3) is 0.111. The Kier molecular flexibility index (Phi) is 2.54. The molecule has 1 aromatic carbocycles. The largest absolute Gasteiger partial charge is 0.417 e. The molecule has 2 aromatic rings. The van der Waals surface area contributed by atoms with Crippen molar-refractivity contribution >= 4 is 40.1 Å². The minimum Gasteiger partial charge on any atom is -0.408 e. The summed E-state index contributed by atoms with van der Waals surface area (Å²) in [4.78, 5) is 24.6. The third kappa shape index (κ3) is 1.78. The van der Waals surface area contributed by atoms with Gasteiger partial charge in [-0.3, -0.25) is 9.78 Å². The van der Waals surface area contributed by atoms with Crippen LogP contribution in [-0.4, -0.2) is 16.6 Å². The molecule has 78 valence electrons. The van der Waals surface area contributed by atoms with E-state index in [1.165, 1.54) is 12.1 Å².